The first-order chi connectivity index (χ1) is 16.1. The molecule has 0 saturated carbocycles. The van der Waals surface area contributed by atoms with Gasteiger partial charge in [-0.15, -0.1) is 0 Å². The van der Waals surface area contributed by atoms with E-state index in [2.05, 4.69) is 5.32 Å². The van der Waals surface area contributed by atoms with Crippen LogP contribution in [0.15, 0.2) is 52.1 Å². The first-order valence-corrected chi connectivity index (χ1v) is 11.7. The molecule has 3 aromatic rings. The zero-order valence-corrected chi connectivity index (χ0v) is 22.1. The molecule has 0 unspecified atom stereocenters. The van der Waals surface area contributed by atoms with Crippen LogP contribution in [0.1, 0.15) is 21.6 Å². The Kier molecular flexibility index (Phi) is 8.21. The molecule has 11 heteroatoms. The molecule has 0 aliphatic rings. The molecule has 0 fully saturated rings. The fraction of sp³-hybridized carbons (Fsp3) is 0.217. The van der Waals surface area contributed by atoms with Crippen LogP contribution in [-0.4, -0.2) is 32.4 Å². The summed E-state index contributed by atoms with van der Waals surface area (Å²) in [6, 6.07) is 10.6. The van der Waals surface area contributed by atoms with Crippen LogP contribution in [0.3, 0.4) is 0 Å². The van der Waals surface area contributed by atoms with Gasteiger partial charge in [-0.25, -0.2) is 9.59 Å². The highest BCUT2D eigenvalue weighted by Crippen LogP contribution is 2.25. The number of nitrogens with zero attached hydrogens (tertiary/aromatic N) is 2. The molecule has 0 spiro atoms. The normalized spacial score (nSPS) is 11.7. The Balaban J connectivity index is 1.89. The van der Waals surface area contributed by atoms with Crippen molar-refractivity contribution < 1.29 is 14.3 Å². The van der Waals surface area contributed by atoms with E-state index in [1.54, 1.807) is 67.2 Å². The first kappa shape index (κ1) is 26.0. The lowest BCUT2D eigenvalue weighted by atomic mass is 10.00. The van der Waals surface area contributed by atoms with Gasteiger partial charge in [0.2, 0.25) is 0 Å². The molecular weight excluding hydrogens is 596 g/mol. The zero-order chi connectivity index (χ0) is 25.2. The Hall–Kier alpha value is -2.63. The summed E-state index contributed by atoms with van der Waals surface area (Å²) >= 11 is 13.9. The van der Waals surface area contributed by atoms with Crippen molar-refractivity contribution in [1.82, 2.24) is 12.7 Å². The minimum atomic E-state index is -0.999. The van der Waals surface area contributed by atoms with Gasteiger partial charge in [0.1, 0.15) is 6.04 Å². The lowest BCUT2D eigenvalue weighted by molar-refractivity contribution is -0.142. The van der Waals surface area contributed by atoms with Gasteiger partial charge in [0.15, 0.2) is 0 Å². The van der Waals surface area contributed by atoms with Crippen molar-refractivity contribution in [3.63, 3.8) is 0 Å². The minimum absolute atomic E-state index is 0.0651. The van der Waals surface area contributed by atoms with E-state index in [4.69, 9.17) is 27.9 Å². The van der Waals surface area contributed by atoms with E-state index in [0.717, 1.165) is 2.78 Å². The summed E-state index contributed by atoms with van der Waals surface area (Å²) in [5.41, 5.74) is 1.50. The Bertz CT molecular complexity index is 1360. The average molecular weight is 616 g/mol. The molecule has 1 heterocycles. The highest BCUT2D eigenvalue weighted by molar-refractivity contribution is 14.1. The number of hydrogen-bond donors (Lipinski definition) is 1. The van der Waals surface area contributed by atoms with Crippen LogP contribution in [0.2, 0.25) is 10.0 Å². The van der Waals surface area contributed by atoms with Crippen molar-refractivity contribution in [2.45, 2.75) is 19.4 Å². The van der Waals surface area contributed by atoms with Gasteiger partial charge in [-0.05, 0) is 30.2 Å². The molecule has 34 heavy (non-hydrogen) atoms. The number of halogens is 3. The summed E-state index contributed by atoms with van der Waals surface area (Å²) in [7, 11) is 2.82. The fourth-order valence-electron chi connectivity index (χ4n) is 3.44. The second-order valence-electron chi connectivity index (χ2n) is 7.43. The maximum atomic E-state index is 12.8. The number of ether oxygens (including phenoxy) is 1. The zero-order valence-electron chi connectivity index (χ0n) is 18.4. The molecule has 0 aliphatic carbocycles. The highest BCUT2D eigenvalue weighted by atomic mass is 127. The second kappa shape index (κ2) is 10.7. The van der Waals surface area contributed by atoms with Crippen molar-refractivity contribution in [3.8, 4) is 11.1 Å². The van der Waals surface area contributed by atoms with Crippen LogP contribution in [0.4, 0.5) is 0 Å². The summed E-state index contributed by atoms with van der Waals surface area (Å²) in [5, 5.41) is 2.94. The Morgan fingerprint density at radius 2 is 1.68 bits per heavy atom. The summed E-state index contributed by atoms with van der Waals surface area (Å²) in [5.74, 6) is -1.24. The standard InChI is InChI=1S/C23H20Cl2IN3O5/c1-12-18(21(31)29(26)23(33)28(12)2)14-9-7-13(8-10-14)11-17(22(32)34-3)27-20(30)19-15(24)5-4-6-16(19)25/h4-10,17H,11H2,1-3H3,(H,27,30)/t17-/m0/s1. The largest absolute Gasteiger partial charge is 0.467 e. The number of nitrogens with one attached hydrogen (secondary N) is 1. The molecule has 0 bridgehead atoms. The molecule has 1 amide bonds. The van der Waals surface area contributed by atoms with Gasteiger partial charge < -0.3 is 10.1 Å². The number of hydrogen-bond acceptors (Lipinski definition) is 5. The maximum absolute atomic E-state index is 12.8. The van der Waals surface area contributed by atoms with Gasteiger partial charge in [0.05, 0.1) is 51.1 Å². The van der Waals surface area contributed by atoms with Crippen molar-refractivity contribution in [1.29, 1.82) is 0 Å². The molecule has 2 aromatic carbocycles. The Morgan fingerprint density at radius 1 is 1.09 bits per heavy atom. The van der Waals surface area contributed by atoms with Crippen molar-refractivity contribution >= 4 is 57.9 Å². The van der Waals surface area contributed by atoms with Crippen LogP contribution in [0.5, 0.6) is 0 Å². The van der Waals surface area contributed by atoms with Gasteiger partial charge in [-0.2, -0.15) is 2.78 Å². The van der Waals surface area contributed by atoms with Gasteiger partial charge in [-0.1, -0.05) is 53.5 Å². The highest BCUT2D eigenvalue weighted by Gasteiger charge is 2.25. The van der Waals surface area contributed by atoms with Gasteiger partial charge >= 0.3 is 11.7 Å². The molecule has 0 saturated heterocycles. The van der Waals surface area contributed by atoms with Crippen LogP contribution in [0.25, 0.3) is 11.1 Å². The number of esters is 1. The van der Waals surface area contributed by atoms with E-state index >= 15 is 0 Å². The molecule has 3 rings (SSSR count). The molecule has 1 N–H and O–H groups in total. The quantitative estimate of drug-likeness (QED) is 0.338. The number of amides is 1. The summed E-state index contributed by atoms with van der Waals surface area (Å²) < 4.78 is 7.27. The van der Waals surface area contributed by atoms with Gasteiger partial charge in [0.25, 0.3) is 11.5 Å². The molecular formula is C23H20Cl2IN3O5. The van der Waals surface area contributed by atoms with Crippen molar-refractivity contribution in [2.75, 3.05) is 7.11 Å². The molecule has 0 aliphatic heterocycles. The molecule has 1 aromatic heterocycles. The van der Waals surface area contributed by atoms with Gasteiger partial charge in [0, 0.05) is 19.2 Å². The first-order valence-electron chi connectivity index (χ1n) is 9.97. The predicted octanol–water partition coefficient (Wildman–Crippen LogP) is 3.54. The average Bonchev–Trinajstić information content (AvgIpc) is 2.81. The topological polar surface area (TPSA) is 99.4 Å². The van der Waals surface area contributed by atoms with E-state index in [1.165, 1.54) is 23.8 Å². The van der Waals surface area contributed by atoms with Gasteiger partial charge in [-0.3, -0.25) is 14.2 Å². The summed E-state index contributed by atoms with van der Waals surface area (Å²) in [6.07, 6.45) is 0.129. The Morgan fingerprint density at radius 3 is 2.24 bits per heavy atom. The molecule has 0 radical (unpaired) electrons. The van der Waals surface area contributed by atoms with Crippen LogP contribution in [-0.2, 0) is 23.0 Å². The predicted molar refractivity (Wildman–Crippen MR) is 139 cm³/mol. The summed E-state index contributed by atoms with van der Waals surface area (Å²) in [4.78, 5) is 49.9. The summed E-state index contributed by atoms with van der Waals surface area (Å²) in [6.45, 7) is 1.70. The smallest absolute Gasteiger partial charge is 0.340 e. The van der Waals surface area contributed by atoms with Crippen LogP contribution < -0.4 is 16.6 Å². The van der Waals surface area contributed by atoms with E-state index in [-0.39, 0.29) is 22.0 Å². The third-order valence-electron chi connectivity index (χ3n) is 5.38. The minimum Gasteiger partial charge on any atom is -0.467 e. The lowest BCUT2D eigenvalue weighted by Gasteiger charge is -2.18. The van der Waals surface area contributed by atoms with E-state index in [1.807, 2.05) is 0 Å². The number of carbonyl (C=O) groups is 2. The van der Waals surface area contributed by atoms with Crippen molar-refractivity contribution in [3.05, 3.63) is 90.2 Å². The van der Waals surface area contributed by atoms with E-state index in [0.29, 0.717) is 22.4 Å². The lowest BCUT2D eigenvalue weighted by Crippen LogP contribution is -2.43. The Labute approximate surface area is 218 Å². The molecule has 1 atom stereocenters. The van der Waals surface area contributed by atoms with E-state index < -0.39 is 29.2 Å². The monoisotopic (exact) mass is 615 g/mol. The van der Waals surface area contributed by atoms with Crippen LogP contribution in [0, 0.1) is 6.92 Å². The van der Waals surface area contributed by atoms with E-state index in [9.17, 15) is 19.2 Å². The number of carbonyl (C=O) groups excluding carboxylic acids is 2. The van der Waals surface area contributed by atoms with Crippen molar-refractivity contribution in [2.24, 2.45) is 7.05 Å². The number of methoxy groups -OCH3 is 1. The third-order valence-corrected chi connectivity index (χ3v) is 6.86. The maximum Gasteiger partial charge on any atom is 0.340 e. The molecule has 8 nitrogen and oxygen atoms in total. The van der Waals surface area contributed by atoms with Crippen LogP contribution >= 0.6 is 46.1 Å². The third kappa shape index (κ3) is 5.21. The number of rotatable bonds is 6. The number of benzene rings is 2. The SMILES string of the molecule is COC(=O)[C@H](Cc1ccc(-c2c(C)n(C)c(=O)n(I)c2=O)cc1)NC(=O)c1c(Cl)cccc1Cl. The fourth-order valence-corrected chi connectivity index (χ4v) is 4.57. The number of aromatic nitrogens is 2. The second-order valence-corrected chi connectivity index (χ2v) is 9.21. The molecule has 178 valence electrons.